The van der Waals surface area contributed by atoms with E-state index in [0.29, 0.717) is 0 Å². The first-order valence-corrected chi connectivity index (χ1v) is 3.53. The molecule has 5 nitrogen and oxygen atoms in total. The van der Waals surface area contributed by atoms with E-state index in [9.17, 15) is 4.79 Å². The van der Waals surface area contributed by atoms with Crippen LogP contribution >= 0.6 is 0 Å². The highest BCUT2D eigenvalue weighted by atomic mass is 16.3. The van der Waals surface area contributed by atoms with Gasteiger partial charge in [-0.1, -0.05) is 0 Å². The average molecular weight is 170 g/mol. The molecule has 1 atom stereocenters. The summed E-state index contributed by atoms with van der Waals surface area (Å²) in [5.74, 6) is 0. The molecule has 0 bridgehead atoms. The second kappa shape index (κ2) is 3.99. The van der Waals surface area contributed by atoms with E-state index in [1.807, 2.05) is 0 Å². The largest absolute Gasteiger partial charge is 0.394 e. The van der Waals surface area contributed by atoms with Crippen LogP contribution in [0.25, 0.3) is 0 Å². The van der Waals surface area contributed by atoms with Gasteiger partial charge in [0.15, 0.2) is 0 Å². The molecule has 0 radical (unpaired) electrons. The van der Waals surface area contributed by atoms with Crippen LogP contribution in [0.4, 0.5) is 0 Å². The first-order valence-electron chi connectivity index (χ1n) is 3.53. The van der Waals surface area contributed by atoms with Gasteiger partial charge in [0.25, 0.3) is 5.56 Å². The predicted octanol–water partition coefficient (Wildman–Crippen LogP) is -1.40. The minimum absolute atomic E-state index is 0.0951. The molecule has 1 aromatic rings. The summed E-state index contributed by atoms with van der Waals surface area (Å²) in [6.45, 7) is -0.257. The second-order valence-electron chi connectivity index (χ2n) is 2.40. The molecule has 66 valence electrons. The summed E-state index contributed by atoms with van der Waals surface area (Å²) in [5.41, 5.74) is -0.287. The quantitative estimate of drug-likeness (QED) is 0.584. The summed E-state index contributed by atoms with van der Waals surface area (Å²) >= 11 is 0. The third kappa shape index (κ3) is 2.14. The molecule has 1 unspecified atom stereocenters. The van der Waals surface area contributed by atoms with Gasteiger partial charge < -0.3 is 14.8 Å². The summed E-state index contributed by atoms with van der Waals surface area (Å²) in [4.78, 5) is 14.6. The molecule has 0 aliphatic heterocycles. The van der Waals surface area contributed by atoms with Gasteiger partial charge in [0, 0.05) is 12.4 Å². The van der Waals surface area contributed by atoms with Crippen molar-refractivity contribution in [3.05, 3.63) is 28.9 Å². The van der Waals surface area contributed by atoms with E-state index < -0.39 is 6.10 Å². The Morgan fingerprint density at radius 3 is 3.00 bits per heavy atom. The van der Waals surface area contributed by atoms with E-state index in [0.717, 1.165) is 6.20 Å². The number of aliphatic hydroxyl groups is 2. The van der Waals surface area contributed by atoms with Crippen LogP contribution in [0.2, 0.25) is 0 Å². The topological polar surface area (TPSA) is 75.4 Å². The zero-order chi connectivity index (χ0) is 8.97. The number of nitrogens with zero attached hydrogens (tertiary/aromatic N) is 2. The number of hydrogen-bond donors (Lipinski definition) is 2. The van der Waals surface area contributed by atoms with E-state index in [-0.39, 0.29) is 18.7 Å². The smallest absolute Gasteiger partial charge is 0.269 e. The molecular weight excluding hydrogens is 160 g/mol. The van der Waals surface area contributed by atoms with Gasteiger partial charge >= 0.3 is 0 Å². The maximum atomic E-state index is 11.0. The average Bonchev–Trinajstić information content (AvgIpc) is 2.09. The summed E-state index contributed by atoms with van der Waals surface area (Å²) in [5, 5.41) is 17.5. The molecule has 0 amide bonds. The molecule has 0 aromatic carbocycles. The SMILES string of the molecule is O=c1cnccn1CC(O)CO. The fourth-order valence-electron chi connectivity index (χ4n) is 0.809. The summed E-state index contributed by atoms with van der Waals surface area (Å²) in [6.07, 6.45) is 3.17. The van der Waals surface area contributed by atoms with Crippen LogP contribution in [0.1, 0.15) is 0 Å². The Hall–Kier alpha value is -1.20. The molecule has 0 fully saturated rings. The molecule has 12 heavy (non-hydrogen) atoms. The number of hydrogen-bond acceptors (Lipinski definition) is 4. The highest BCUT2D eigenvalue weighted by Gasteiger charge is 2.03. The number of aromatic nitrogens is 2. The van der Waals surface area contributed by atoms with Gasteiger partial charge in [-0.25, -0.2) is 0 Å². The lowest BCUT2D eigenvalue weighted by molar-refractivity contribution is 0.0803. The zero-order valence-corrected chi connectivity index (χ0v) is 6.42. The van der Waals surface area contributed by atoms with Crippen molar-refractivity contribution in [1.29, 1.82) is 0 Å². The van der Waals surface area contributed by atoms with Gasteiger partial charge in [0.1, 0.15) is 0 Å². The highest BCUT2D eigenvalue weighted by Crippen LogP contribution is 1.85. The van der Waals surface area contributed by atoms with Crippen LogP contribution in [0.3, 0.4) is 0 Å². The molecule has 2 N–H and O–H groups in total. The number of aliphatic hydroxyl groups excluding tert-OH is 2. The van der Waals surface area contributed by atoms with Crippen molar-refractivity contribution in [2.75, 3.05) is 6.61 Å². The molecule has 0 aliphatic rings. The lowest BCUT2D eigenvalue weighted by atomic mass is 10.4. The van der Waals surface area contributed by atoms with E-state index in [1.165, 1.54) is 17.0 Å². The molecule has 0 aliphatic carbocycles. The van der Waals surface area contributed by atoms with E-state index in [4.69, 9.17) is 10.2 Å². The first kappa shape index (κ1) is 8.89. The van der Waals surface area contributed by atoms with Crippen molar-refractivity contribution in [3.8, 4) is 0 Å². The second-order valence-corrected chi connectivity index (χ2v) is 2.40. The van der Waals surface area contributed by atoms with Crippen LogP contribution in [-0.4, -0.2) is 32.5 Å². The third-order valence-corrected chi connectivity index (χ3v) is 1.42. The van der Waals surface area contributed by atoms with E-state index in [2.05, 4.69) is 4.98 Å². The van der Waals surface area contributed by atoms with Crippen LogP contribution in [0.5, 0.6) is 0 Å². The van der Waals surface area contributed by atoms with Crippen molar-refractivity contribution >= 4 is 0 Å². The van der Waals surface area contributed by atoms with Crippen molar-refractivity contribution < 1.29 is 10.2 Å². The van der Waals surface area contributed by atoms with E-state index in [1.54, 1.807) is 0 Å². The Kier molecular flexibility index (Phi) is 2.95. The monoisotopic (exact) mass is 170 g/mol. The standard InChI is InChI=1S/C7H10N2O3/c10-5-6(11)4-9-2-1-8-3-7(9)12/h1-3,6,10-11H,4-5H2. The highest BCUT2D eigenvalue weighted by molar-refractivity contribution is 4.80. The minimum atomic E-state index is -0.898. The molecule has 1 aromatic heterocycles. The van der Waals surface area contributed by atoms with Gasteiger partial charge in [-0.3, -0.25) is 9.78 Å². The van der Waals surface area contributed by atoms with Crippen molar-refractivity contribution in [3.63, 3.8) is 0 Å². The molecular formula is C7H10N2O3. The third-order valence-electron chi connectivity index (χ3n) is 1.42. The Labute approximate surface area is 68.9 Å². The van der Waals surface area contributed by atoms with Gasteiger partial charge in [-0.15, -0.1) is 0 Å². The van der Waals surface area contributed by atoms with Crippen LogP contribution in [0.15, 0.2) is 23.4 Å². The summed E-state index contributed by atoms with van der Waals surface area (Å²) < 4.78 is 1.29. The van der Waals surface area contributed by atoms with Gasteiger partial charge in [0.2, 0.25) is 0 Å². The van der Waals surface area contributed by atoms with Crippen LogP contribution < -0.4 is 5.56 Å². The van der Waals surface area contributed by atoms with Gasteiger partial charge in [-0.2, -0.15) is 0 Å². The summed E-state index contributed by atoms with van der Waals surface area (Å²) in [6, 6.07) is 0. The molecule has 0 saturated heterocycles. The Morgan fingerprint density at radius 1 is 1.67 bits per heavy atom. The molecule has 0 saturated carbocycles. The minimum Gasteiger partial charge on any atom is -0.394 e. The predicted molar refractivity (Wildman–Crippen MR) is 41.6 cm³/mol. The Balaban J connectivity index is 2.76. The molecule has 1 rings (SSSR count). The zero-order valence-electron chi connectivity index (χ0n) is 6.42. The lowest BCUT2D eigenvalue weighted by Crippen LogP contribution is -2.27. The molecule has 0 spiro atoms. The maximum absolute atomic E-state index is 11.0. The fraction of sp³-hybridized carbons (Fsp3) is 0.429. The van der Waals surface area contributed by atoms with Crippen LogP contribution in [-0.2, 0) is 6.54 Å². The van der Waals surface area contributed by atoms with E-state index >= 15 is 0 Å². The molecule has 1 heterocycles. The van der Waals surface area contributed by atoms with Crippen molar-refractivity contribution in [1.82, 2.24) is 9.55 Å². The number of rotatable bonds is 3. The lowest BCUT2D eigenvalue weighted by Gasteiger charge is -2.08. The van der Waals surface area contributed by atoms with Crippen molar-refractivity contribution in [2.45, 2.75) is 12.6 Å². The first-order chi connectivity index (χ1) is 5.74. The van der Waals surface area contributed by atoms with Crippen LogP contribution in [0, 0.1) is 0 Å². The normalized spacial score (nSPS) is 12.8. The molecule has 5 heteroatoms. The maximum Gasteiger partial charge on any atom is 0.269 e. The fourth-order valence-corrected chi connectivity index (χ4v) is 0.809. The van der Waals surface area contributed by atoms with Crippen molar-refractivity contribution in [2.24, 2.45) is 0 Å². The Morgan fingerprint density at radius 2 is 2.42 bits per heavy atom. The van der Waals surface area contributed by atoms with Gasteiger partial charge in [-0.05, 0) is 0 Å². The Bertz CT molecular complexity index is 297. The summed E-state index contributed by atoms with van der Waals surface area (Å²) in [7, 11) is 0. The van der Waals surface area contributed by atoms with Gasteiger partial charge in [0.05, 0.1) is 25.5 Å².